The Kier molecular flexibility index (Phi) is 3.76. The zero-order chi connectivity index (χ0) is 13.2. The highest BCUT2D eigenvalue weighted by molar-refractivity contribution is 5.39. The minimum Gasteiger partial charge on any atom is -0.497 e. The molecular formula is C16H23NO2. The summed E-state index contributed by atoms with van der Waals surface area (Å²) in [4.78, 5) is 0. The van der Waals surface area contributed by atoms with Crippen molar-refractivity contribution >= 4 is 0 Å². The van der Waals surface area contributed by atoms with E-state index >= 15 is 0 Å². The fraction of sp³-hybridized carbons (Fsp3) is 0.625. The second kappa shape index (κ2) is 5.51. The molecular weight excluding hydrogens is 238 g/mol. The molecule has 1 N–H and O–H groups in total. The fourth-order valence-electron chi connectivity index (χ4n) is 3.29. The summed E-state index contributed by atoms with van der Waals surface area (Å²) < 4.78 is 11.0. The van der Waals surface area contributed by atoms with E-state index in [0.29, 0.717) is 18.2 Å². The van der Waals surface area contributed by atoms with E-state index in [4.69, 9.17) is 9.47 Å². The van der Waals surface area contributed by atoms with Gasteiger partial charge in [-0.05, 0) is 55.9 Å². The summed E-state index contributed by atoms with van der Waals surface area (Å²) in [5, 5.41) is 3.79. The van der Waals surface area contributed by atoms with Gasteiger partial charge < -0.3 is 14.8 Å². The van der Waals surface area contributed by atoms with E-state index in [1.807, 2.05) is 0 Å². The predicted octanol–water partition coefficient (Wildman–Crippen LogP) is 2.84. The van der Waals surface area contributed by atoms with Crippen LogP contribution in [0.5, 0.6) is 5.75 Å². The van der Waals surface area contributed by atoms with Gasteiger partial charge in [-0.2, -0.15) is 0 Å². The molecule has 0 spiro atoms. The lowest BCUT2D eigenvalue weighted by Gasteiger charge is -2.30. The van der Waals surface area contributed by atoms with Gasteiger partial charge in [0.05, 0.1) is 13.2 Å². The van der Waals surface area contributed by atoms with Gasteiger partial charge in [0.2, 0.25) is 0 Å². The molecule has 1 fully saturated rings. The summed E-state index contributed by atoms with van der Waals surface area (Å²) in [7, 11) is 1.74. The van der Waals surface area contributed by atoms with Crippen LogP contribution >= 0.6 is 0 Å². The van der Waals surface area contributed by atoms with E-state index in [1.54, 1.807) is 7.11 Å². The van der Waals surface area contributed by atoms with E-state index in [9.17, 15) is 0 Å². The average molecular weight is 261 g/mol. The van der Waals surface area contributed by atoms with Crippen molar-refractivity contribution in [3.8, 4) is 5.75 Å². The Bertz CT molecular complexity index is 446. The molecule has 1 aliphatic carbocycles. The molecule has 1 aliphatic heterocycles. The second-order valence-corrected chi connectivity index (χ2v) is 5.65. The van der Waals surface area contributed by atoms with Gasteiger partial charge in [0, 0.05) is 18.7 Å². The molecule has 1 heterocycles. The molecule has 0 amide bonds. The molecule has 0 aromatic heterocycles. The molecule has 3 unspecified atom stereocenters. The summed E-state index contributed by atoms with van der Waals surface area (Å²) in [6.45, 7) is 3.05. The maximum atomic E-state index is 5.65. The number of aryl methyl sites for hydroxylation is 1. The number of methoxy groups -OCH3 is 1. The predicted molar refractivity (Wildman–Crippen MR) is 75.6 cm³/mol. The van der Waals surface area contributed by atoms with Crippen molar-refractivity contribution in [3.05, 3.63) is 29.3 Å². The van der Waals surface area contributed by atoms with Gasteiger partial charge in [-0.3, -0.25) is 0 Å². The molecule has 1 aromatic carbocycles. The van der Waals surface area contributed by atoms with Crippen molar-refractivity contribution in [2.24, 2.45) is 0 Å². The maximum absolute atomic E-state index is 5.65. The fourth-order valence-corrected chi connectivity index (χ4v) is 3.29. The van der Waals surface area contributed by atoms with Crippen molar-refractivity contribution in [3.63, 3.8) is 0 Å². The van der Waals surface area contributed by atoms with Gasteiger partial charge in [-0.1, -0.05) is 6.07 Å². The van der Waals surface area contributed by atoms with E-state index in [1.165, 1.54) is 30.4 Å². The minimum atomic E-state index is 0.330. The van der Waals surface area contributed by atoms with Gasteiger partial charge in [-0.25, -0.2) is 0 Å². The van der Waals surface area contributed by atoms with Crippen LogP contribution in [0.15, 0.2) is 18.2 Å². The van der Waals surface area contributed by atoms with Crippen molar-refractivity contribution in [1.82, 2.24) is 5.32 Å². The number of benzene rings is 1. The summed E-state index contributed by atoms with van der Waals surface area (Å²) in [5.74, 6) is 0.961. The number of hydrogen-bond acceptors (Lipinski definition) is 3. The third-order valence-corrected chi connectivity index (χ3v) is 4.46. The SMILES string of the molecule is COc1ccc2c(c1)C(NC1CCOC1C)CCC2. The summed E-state index contributed by atoms with van der Waals surface area (Å²) in [6, 6.07) is 7.43. The molecule has 0 bridgehead atoms. The molecule has 0 saturated carbocycles. The lowest BCUT2D eigenvalue weighted by Crippen LogP contribution is -2.38. The largest absolute Gasteiger partial charge is 0.497 e. The van der Waals surface area contributed by atoms with Crippen molar-refractivity contribution < 1.29 is 9.47 Å². The first-order valence-electron chi connectivity index (χ1n) is 7.32. The van der Waals surface area contributed by atoms with Gasteiger partial charge in [0.25, 0.3) is 0 Å². The summed E-state index contributed by atoms with van der Waals surface area (Å²) in [5.41, 5.74) is 2.89. The molecule has 1 aromatic rings. The van der Waals surface area contributed by atoms with Crippen LogP contribution in [0.25, 0.3) is 0 Å². The van der Waals surface area contributed by atoms with E-state index in [2.05, 4.69) is 30.4 Å². The summed E-state index contributed by atoms with van der Waals surface area (Å²) >= 11 is 0. The molecule has 2 aliphatic rings. The Morgan fingerprint density at radius 1 is 1.32 bits per heavy atom. The minimum absolute atomic E-state index is 0.330. The van der Waals surface area contributed by atoms with Crippen molar-refractivity contribution in [1.29, 1.82) is 0 Å². The van der Waals surface area contributed by atoms with E-state index < -0.39 is 0 Å². The van der Waals surface area contributed by atoms with Crippen LogP contribution in [0.3, 0.4) is 0 Å². The Morgan fingerprint density at radius 2 is 2.21 bits per heavy atom. The van der Waals surface area contributed by atoms with Crippen molar-refractivity contribution in [2.45, 2.75) is 50.8 Å². The van der Waals surface area contributed by atoms with Crippen LogP contribution in [0.1, 0.15) is 43.4 Å². The van der Waals surface area contributed by atoms with Gasteiger partial charge in [0.1, 0.15) is 5.75 Å². The average Bonchev–Trinajstić information content (AvgIpc) is 2.84. The number of hydrogen-bond donors (Lipinski definition) is 1. The molecule has 3 heteroatoms. The third kappa shape index (κ3) is 2.63. The number of ether oxygens (including phenoxy) is 2. The normalized spacial score (nSPS) is 30.1. The zero-order valence-electron chi connectivity index (χ0n) is 11.8. The van der Waals surface area contributed by atoms with Crippen LogP contribution in [0.2, 0.25) is 0 Å². The van der Waals surface area contributed by atoms with E-state index in [0.717, 1.165) is 18.8 Å². The van der Waals surface area contributed by atoms with Crippen LogP contribution < -0.4 is 10.1 Å². The third-order valence-electron chi connectivity index (χ3n) is 4.46. The number of nitrogens with one attached hydrogen (secondary N) is 1. The first-order chi connectivity index (χ1) is 9.28. The lowest BCUT2D eigenvalue weighted by molar-refractivity contribution is 0.110. The molecule has 0 radical (unpaired) electrons. The molecule has 3 atom stereocenters. The number of fused-ring (bicyclic) bond motifs is 1. The first-order valence-corrected chi connectivity index (χ1v) is 7.32. The van der Waals surface area contributed by atoms with Gasteiger partial charge >= 0.3 is 0 Å². The molecule has 1 saturated heterocycles. The second-order valence-electron chi connectivity index (χ2n) is 5.65. The van der Waals surface area contributed by atoms with Crippen LogP contribution in [0, 0.1) is 0 Å². The van der Waals surface area contributed by atoms with Crippen LogP contribution in [-0.4, -0.2) is 25.9 Å². The molecule has 3 nitrogen and oxygen atoms in total. The molecule has 19 heavy (non-hydrogen) atoms. The Balaban J connectivity index is 1.80. The molecule has 3 rings (SSSR count). The Labute approximate surface area is 115 Å². The first kappa shape index (κ1) is 12.9. The van der Waals surface area contributed by atoms with Gasteiger partial charge in [0.15, 0.2) is 0 Å². The van der Waals surface area contributed by atoms with Crippen molar-refractivity contribution in [2.75, 3.05) is 13.7 Å². The van der Waals surface area contributed by atoms with Crippen LogP contribution in [0.4, 0.5) is 0 Å². The highest BCUT2D eigenvalue weighted by atomic mass is 16.5. The quantitative estimate of drug-likeness (QED) is 0.907. The number of rotatable bonds is 3. The lowest BCUT2D eigenvalue weighted by atomic mass is 9.87. The Morgan fingerprint density at radius 3 is 2.95 bits per heavy atom. The van der Waals surface area contributed by atoms with E-state index in [-0.39, 0.29) is 0 Å². The monoisotopic (exact) mass is 261 g/mol. The highest BCUT2D eigenvalue weighted by Gasteiger charge is 2.29. The highest BCUT2D eigenvalue weighted by Crippen LogP contribution is 2.33. The maximum Gasteiger partial charge on any atom is 0.119 e. The summed E-state index contributed by atoms with van der Waals surface area (Å²) in [6.07, 6.45) is 5.11. The Hall–Kier alpha value is -1.06. The zero-order valence-corrected chi connectivity index (χ0v) is 11.8. The van der Waals surface area contributed by atoms with Crippen LogP contribution in [-0.2, 0) is 11.2 Å². The smallest absolute Gasteiger partial charge is 0.119 e. The molecule has 104 valence electrons. The van der Waals surface area contributed by atoms with Gasteiger partial charge in [-0.15, -0.1) is 0 Å². The standard InChI is InChI=1S/C16H23NO2/c1-11-15(8-9-19-11)17-16-5-3-4-12-6-7-13(18-2)10-14(12)16/h6-7,10-11,15-17H,3-5,8-9H2,1-2H3. The topological polar surface area (TPSA) is 30.5 Å².